The van der Waals surface area contributed by atoms with E-state index in [-0.39, 0.29) is 18.1 Å². The van der Waals surface area contributed by atoms with Crippen LogP contribution < -0.4 is 15.6 Å². The van der Waals surface area contributed by atoms with Gasteiger partial charge in [-0.1, -0.05) is 44.2 Å². The number of pyridine rings is 1. The maximum absolute atomic E-state index is 13.1. The van der Waals surface area contributed by atoms with Gasteiger partial charge in [-0.15, -0.1) is 0 Å². The standard InChI is InChI=1S/C26H34N4O3/c1-4-29(5-2)14-9-15-30(26(32)27-18-20-10-7-6-8-11-20)19-22-16-21-17-23(33-3)12-13-24(21)28-25(22)31/h6-8,10-13,16-17H,4-5,9,14-15,18-19H2,1-3H3,(H,27,32)(H,28,31). The third-order valence-corrected chi connectivity index (χ3v) is 5.86. The number of hydrogen-bond acceptors (Lipinski definition) is 4. The first-order valence-electron chi connectivity index (χ1n) is 11.5. The van der Waals surface area contributed by atoms with Gasteiger partial charge in [-0.3, -0.25) is 4.79 Å². The number of urea groups is 1. The topological polar surface area (TPSA) is 77.7 Å². The molecule has 176 valence electrons. The largest absolute Gasteiger partial charge is 0.497 e. The summed E-state index contributed by atoms with van der Waals surface area (Å²) in [5, 5.41) is 3.87. The quantitative estimate of drug-likeness (QED) is 0.463. The lowest BCUT2D eigenvalue weighted by Gasteiger charge is -2.25. The Morgan fingerprint density at radius 2 is 1.79 bits per heavy atom. The van der Waals surface area contributed by atoms with E-state index in [9.17, 15) is 9.59 Å². The third kappa shape index (κ3) is 6.83. The summed E-state index contributed by atoms with van der Waals surface area (Å²) in [7, 11) is 1.61. The van der Waals surface area contributed by atoms with E-state index in [1.807, 2.05) is 54.6 Å². The van der Waals surface area contributed by atoms with E-state index in [0.29, 0.717) is 18.7 Å². The minimum absolute atomic E-state index is 0.177. The lowest BCUT2D eigenvalue weighted by Crippen LogP contribution is -2.41. The second-order valence-electron chi connectivity index (χ2n) is 8.02. The monoisotopic (exact) mass is 450 g/mol. The highest BCUT2D eigenvalue weighted by atomic mass is 16.5. The number of methoxy groups -OCH3 is 1. The Bertz CT molecular complexity index is 1090. The van der Waals surface area contributed by atoms with Crippen molar-refractivity contribution < 1.29 is 9.53 Å². The predicted octanol–water partition coefficient (Wildman–Crippen LogP) is 3.98. The van der Waals surface area contributed by atoms with Crippen LogP contribution in [0, 0.1) is 0 Å². The molecule has 0 saturated heterocycles. The van der Waals surface area contributed by atoms with Gasteiger partial charge in [0.1, 0.15) is 5.75 Å². The van der Waals surface area contributed by atoms with Crippen LogP contribution in [0.3, 0.4) is 0 Å². The Balaban J connectivity index is 1.77. The summed E-state index contributed by atoms with van der Waals surface area (Å²) in [6, 6.07) is 17.0. The molecule has 0 spiro atoms. The van der Waals surface area contributed by atoms with Crippen LogP contribution in [0.4, 0.5) is 4.79 Å². The van der Waals surface area contributed by atoms with Gasteiger partial charge in [-0.2, -0.15) is 0 Å². The van der Waals surface area contributed by atoms with Gasteiger partial charge in [0.05, 0.1) is 13.7 Å². The van der Waals surface area contributed by atoms with Crippen LogP contribution in [0.15, 0.2) is 59.4 Å². The summed E-state index contributed by atoms with van der Waals surface area (Å²) in [4.78, 5) is 32.8. The molecule has 3 aromatic rings. The van der Waals surface area contributed by atoms with Crippen LogP contribution in [-0.4, -0.2) is 54.1 Å². The Kier molecular flexibility index (Phi) is 8.89. The number of ether oxygens (including phenoxy) is 1. The number of benzene rings is 2. The van der Waals surface area contributed by atoms with Crippen LogP contribution in [-0.2, 0) is 13.1 Å². The molecule has 3 rings (SSSR count). The van der Waals surface area contributed by atoms with Crippen molar-refractivity contribution >= 4 is 16.9 Å². The zero-order valence-electron chi connectivity index (χ0n) is 19.8. The summed E-state index contributed by atoms with van der Waals surface area (Å²) >= 11 is 0. The fourth-order valence-corrected chi connectivity index (χ4v) is 3.84. The van der Waals surface area contributed by atoms with E-state index in [4.69, 9.17) is 4.74 Å². The number of H-pyrrole nitrogens is 1. The first kappa shape index (κ1) is 24.3. The average Bonchev–Trinajstić information content (AvgIpc) is 2.85. The maximum atomic E-state index is 13.1. The van der Waals surface area contributed by atoms with Crippen molar-refractivity contribution in [1.82, 2.24) is 20.1 Å². The molecule has 0 aliphatic heterocycles. The minimum atomic E-state index is -0.183. The number of rotatable bonds is 11. The number of carbonyl (C=O) groups excluding carboxylic acids is 1. The van der Waals surface area contributed by atoms with Gasteiger partial charge >= 0.3 is 6.03 Å². The molecule has 0 fully saturated rings. The number of hydrogen-bond donors (Lipinski definition) is 2. The second-order valence-corrected chi connectivity index (χ2v) is 8.02. The van der Waals surface area contributed by atoms with Gasteiger partial charge < -0.3 is 24.8 Å². The fraction of sp³-hybridized carbons (Fsp3) is 0.385. The van der Waals surface area contributed by atoms with Gasteiger partial charge in [0.15, 0.2) is 0 Å². The zero-order valence-corrected chi connectivity index (χ0v) is 19.8. The molecule has 0 radical (unpaired) electrons. The van der Waals surface area contributed by atoms with Crippen molar-refractivity contribution in [1.29, 1.82) is 0 Å². The number of fused-ring (bicyclic) bond motifs is 1. The molecule has 0 aliphatic carbocycles. The molecule has 7 nitrogen and oxygen atoms in total. The molecule has 2 amide bonds. The van der Waals surface area contributed by atoms with Crippen molar-refractivity contribution in [3.8, 4) is 5.75 Å². The van der Waals surface area contributed by atoms with Gasteiger partial charge in [0, 0.05) is 29.6 Å². The smallest absolute Gasteiger partial charge is 0.317 e. The first-order chi connectivity index (χ1) is 16.0. The average molecular weight is 451 g/mol. The summed E-state index contributed by atoms with van der Waals surface area (Å²) in [5.41, 5.74) is 2.14. The number of aromatic amines is 1. The Labute approximate surface area is 195 Å². The molecule has 1 aromatic heterocycles. The highest BCUT2D eigenvalue weighted by molar-refractivity contribution is 5.80. The minimum Gasteiger partial charge on any atom is -0.497 e. The number of nitrogens with one attached hydrogen (secondary N) is 2. The highest BCUT2D eigenvalue weighted by Gasteiger charge is 2.16. The van der Waals surface area contributed by atoms with Gasteiger partial charge in [-0.05, 0) is 55.9 Å². The Morgan fingerprint density at radius 1 is 1.03 bits per heavy atom. The molecular weight excluding hydrogens is 416 g/mol. The molecule has 0 atom stereocenters. The Hall–Kier alpha value is -3.32. The first-order valence-corrected chi connectivity index (χ1v) is 11.5. The van der Waals surface area contributed by atoms with Crippen molar-refractivity contribution in [3.63, 3.8) is 0 Å². The summed E-state index contributed by atoms with van der Waals surface area (Å²) in [6.45, 7) is 8.37. The maximum Gasteiger partial charge on any atom is 0.317 e. The van der Waals surface area contributed by atoms with Crippen LogP contribution in [0.25, 0.3) is 10.9 Å². The molecule has 2 N–H and O–H groups in total. The van der Waals surface area contributed by atoms with E-state index in [0.717, 1.165) is 48.3 Å². The molecule has 0 bridgehead atoms. The molecule has 33 heavy (non-hydrogen) atoms. The third-order valence-electron chi connectivity index (χ3n) is 5.86. The van der Waals surface area contributed by atoms with Gasteiger partial charge in [-0.25, -0.2) is 4.79 Å². The molecule has 0 saturated carbocycles. The second kappa shape index (κ2) is 12.1. The van der Waals surface area contributed by atoms with Crippen molar-refractivity contribution in [2.75, 3.05) is 33.3 Å². The fourth-order valence-electron chi connectivity index (χ4n) is 3.84. The SMILES string of the molecule is CCN(CC)CCCN(Cc1cc2cc(OC)ccc2[nH]c1=O)C(=O)NCc1ccccc1. The van der Waals surface area contributed by atoms with E-state index < -0.39 is 0 Å². The van der Waals surface area contributed by atoms with Crippen LogP contribution >= 0.6 is 0 Å². The predicted molar refractivity (Wildman–Crippen MR) is 133 cm³/mol. The van der Waals surface area contributed by atoms with Crippen LogP contribution in [0.5, 0.6) is 5.75 Å². The van der Waals surface area contributed by atoms with E-state index in [1.165, 1.54) is 0 Å². The normalized spacial score (nSPS) is 11.0. The molecule has 7 heteroatoms. The summed E-state index contributed by atoms with van der Waals surface area (Å²) in [5.74, 6) is 0.720. The molecule has 0 unspecified atom stereocenters. The molecule has 0 aliphatic rings. The van der Waals surface area contributed by atoms with Crippen LogP contribution in [0.2, 0.25) is 0 Å². The van der Waals surface area contributed by atoms with Crippen LogP contribution in [0.1, 0.15) is 31.4 Å². The zero-order chi connectivity index (χ0) is 23.6. The highest BCUT2D eigenvalue weighted by Crippen LogP contribution is 2.19. The summed E-state index contributed by atoms with van der Waals surface area (Å²) < 4.78 is 5.31. The number of nitrogens with zero attached hydrogens (tertiary/aromatic N) is 2. The van der Waals surface area contributed by atoms with E-state index in [1.54, 1.807) is 12.0 Å². The number of amides is 2. The van der Waals surface area contributed by atoms with E-state index >= 15 is 0 Å². The lowest BCUT2D eigenvalue weighted by molar-refractivity contribution is 0.189. The molecule has 1 heterocycles. The lowest BCUT2D eigenvalue weighted by atomic mass is 10.1. The van der Waals surface area contributed by atoms with Gasteiger partial charge in [0.2, 0.25) is 0 Å². The Morgan fingerprint density at radius 3 is 2.48 bits per heavy atom. The molecule has 2 aromatic carbocycles. The van der Waals surface area contributed by atoms with Crippen molar-refractivity contribution in [2.24, 2.45) is 0 Å². The van der Waals surface area contributed by atoms with Crippen molar-refractivity contribution in [2.45, 2.75) is 33.4 Å². The molecular formula is C26H34N4O3. The summed E-state index contributed by atoms with van der Waals surface area (Å²) in [6.07, 6.45) is 0.833. The van der Waals surface area contributed by atoms with Gasteiger partial charge in [0.25, 0.3) is 5.56 Å². The van der Waals surface area contributed by atoms with E-state index in [2.05, 4.69) is 29.0 Å². The number of aromatic nitrogens is 1. The van der Waals surface area contributed by atoms with Crippen molar-refractivity contribution in [3.05, 3.63) is 76.1 Å². The number of carbonyl (C=O) groups is 1.